The molecule has 2 atom stereocenters. The van der Waals surface area contributed by atoms with Gasteiger partial charge in [-0.25, -0.2) is 0 Å². The van der Waals surface area contributed by atoms with E-state index in [-0.39, 0.29) is 11.8 Å². The van der Waals surface area contributed by atoms with Crippen LogP contribution in [0.2, 0.25) is 0 Å². The Morgan fingerprint density at radius 2 is 2.10 bits per heavy atom. The molecule has 110 valence electrons. The lowest BCUT2D eigenvalue weighted by Crippen LogP contribution is -2.29. The van der Waals surface area contributed by atoms with Gasteiger partial charge in [0, 0.05) is 19.6 Å². The highest BCUT2D eigenvalue weighted by atomic mass is 16.5. The summed E-state index contributed by atoms with van der Waals surface area (Å²) in [5.41, 5.74) is 2.58. The minimum Gasteiger partial charge on any atom is -0.382 e. The summed E-state index contributed by atoms with van der Waals surface area (Å²) in [7, 11) is 1.64. The van der Waals surface area contributed by atoms with Gasteiger partial charge < -0.3 is 14.8 Å². The molecule has 0 unspecified atom stereocenters. The van der Waals surface area contributed by atoms with Gasteiger partial charge >= 0.3 is 0 Å². The Balaban J connectivity index is 1.67. The molecule has 0 aliphatic heterocycles. The van der Waals surface area contributed by atoms with Gasteiger partial charge in [0.1, 0.15) is 0 Å². The van der Waals surface area contributed by atoms with Crippen molar-refractivity contribution in [3.8, 4) is 0 Å². The molecule has 0 aromatic heterocycles. The first-order valence-corrected chi connectivity index (χ1v) is 7.14. The topological polar surface area (TPSA) is 47.6 Å². The highest BCUT2D eigenvalue weighted by molar-refractivity contribution is 5.83. The van der Waals surface area contributed by atoms with Crippen LogP contribution < -0.4 is 5.32 Å². The maximum absolute atomic E-state index is 12.0. The minimum absolute atomic E-state index is 0.134. The zero-order valence-corrected chi connectivity index (χ0v) is 12.2. The second-order valence-corrected chi connectivity index (χ2v) is 5.20. The molecule has 1 amide bonds. The van der Waals surface area contributed by atoms with Gasteiger partial charge in [-0.15, -0.1) is 0 Å². The van der Waals surface area contributed by atoms with Gasteiger partial charge in [0.2, 0.25) is 5.91 Å². The molecule has 1 aliphatic carbocycles. The standard InChI is InChI=1S/C16H23NO3/c1-12-5-3-4-6-13(12)14-11-15(14)16(18)17-7-8-20-10-9-19-2/h3-6,14-15H,7-11H2,1-2H3,(H,17,18)/t14-,15-/m1/s1. The number of carbonyl (C=O) groups excluding carboxylic acids is 1. The van der Waals surface area contributed by atoms with Crippen LogP contribution in [0.4, 0.5) is 0 Å². The minimum atomic E-state index is 0.134. The third kappa shape index (κ3) is 4.05. The van der Waals surface area contributed by atoms with Gasteiger partial charge in [0.25, 0.3) is 0 Å². The fraction of sp³-hybridized carbons (Fsp3) is 0.562. The van der Waals surface area contributed by atoms with E-state index in [9.17, 15) is 4.79 Å². The largest absolute Gasteiger partial charge is 0.382 e. The van der Waals surface area contributed by atoms with Gasteiger partial charge in [-0.1, -0.05) is 24.3 Å². The van der Waals surface area contributed by atoms with Gasteiger partial charge in [0.15, 0.2) is 0 Å². The molecule has 0 saturated heterocycles. The first-order chi connectivity index (χ1) is 9.74. The van der Waals surface area contributed by atoms with Crippen molar-refractivity contribution in [2.45, 2.75) is 19.3 Å². The lowest BCUT2D eigenvalue weighted by Gasteiger charge is -2.07. The van der Waals surface area contributed by atoms with E-state index in [1.165, 1.54) is 11.1 Å². The van der Waals surface area contributed by atoms with Crippen LogP contribution >= 0.6 is 0 Å². The van der Waals surface area contributed by atoms with Crippen molar-refractivity contribution in [3.63, 3.8) is 0 Å². The Labute approximate surface area is 120 Å². The van der Waals surface area contributed by atoms with E-state index in [0.717, 1.165) is 6.42 Å². The van der Waals surface area contributed by atoms with Crippen LogP contribution in [0.15, 0.2) is 24.3 Å². The Kier molecular flexibility index (Phi) is 5.56. The van der Waals surface area contributed by atoms with Crippen molar-refractivity contribution in [1.82, 2.24) is 5.32 Å². The summed E-state index contributed by atoms with van der Waals surface area (Å²) < 4.78 is 10.2. The molecule has 1 aromatic rings. The monoisotopic (exact) mass is 277 g/mol. The molecule has 4 nitrogen and oxygen atoms in total. The van der Waals surface area contributed by atoms with Gasteiger partial charge in [-0.3, -0.25) is 4.79 Å². The lowest BCUT2D eigenvalue weighted by atomic mass is 10.0. The average Bonchev–Trinajstić information content (AvgIpc) is 3.23. The molecule has 20 heavy (non-hydrogen) atoms. The van der Waals surface area contributed by atoms with E-state index in [0.29, 0.717) is 32.3 Å². The Hall–Kier alpha value is -1.39. The van der Waals surface area contributed by atoms with Gasteiger partial charge in [-0.2, -0.15) is 0 Å². The smallest absolute Gasteiger partial charge is 0.223 e. The van der Waals surface area contributed by atoms with Crippen LogP contribution in [0.3, 0.4) is 0 Å². The second kappa shape index (κ2) is 7.41. The SMILES string of the molecule is COCCOCCNC(=O)[C@@H]1C[C@@H]1c1ccccc1C. The van der Waals surface area contributed by atoms with Crippen molar-refractivity contribution in [1.29, 1.82) is 0 Å². The number of hydrogen-bond donors (Lipinski definition) is 1. The molecule has 0 radical (unpaired) electrons. The summed E-state index contributed by atoms with van der Waals surface area (Å²) in [6.07, 6.45) is 0.960. The van der Waals surface area contributed by atoms with Crippen molar-refractivity contribution >= 4 is 5.91 Å². The van der Waals surface area contributed by atoms with Crippen molar-refractivity contribution in [2.75, 3.05) is 33.5 Å². The Morgan fingerprint density at radius 1 is 1.30 bits per heavy atom. The van der Waals surface area contributed by atoms with E-state index in [2.05, 4.69) is 24.4 Å². The van der Waals surface area contributed by atoms with Crippen molar-refractivity contribution in [3.05, 3.63) is 35.4 Å². The molecule has 0 bridgehead atoms. The third-order valence-electron chi connectivity index (χ3n) is 3.69. The van der Waals surface area contributed by atoms with Crippen LogP contribution in [-0.2, 0) is 14.3 Å². The zero-order valence-electron chi connectivity index (χ0n) is 12.2. The number of nitrogens with one attached hydrogen (secondary N) is 1. The number of rotatable bonds is 8. The highest BCUT2D eigenvalue weighted by Gasteiger charge is 2.44. The molecule has 1 saturated carbocycles. The molecular formula is C16H23NO3. The number of methoxy groups -OCH3 is 1. The molecule has 2 rings (SSSR count). The highest BCUT2D eigenvalue weighted by Crippen LogP contribution is 2.48. The summed E-state index contributed by atoms with van der Waals surface area (Å²) in [5.74, 6) is 0.675. The van der Waals surface area contributed by atoms with E-state index in [4.69, 9.17) is 9.47 Å². The molecule has 1 aromatic carbocycles. The second-order valence-electron chi connectivity index (χ2n) is 5.20. The number of ether oxygens (including phenoxy) is 2. The summed E-state index contributed by atoms with van der Waals surface area (Å²) in [6.45, 7) is 4.37. The van der Waals surface area contributed by atoms with Crippen LogP contribution in [0.1, 0.15) is 23.5 Å². The van der Waals surface area contributed by atoms with Crippen LogP contribution in [-0.4, -0.2) is 39.4 Å². The van der Waals surface area contributed by atoms with Gasteiger partial charge in [-0.05, 0) is 30.4 Å². The van der Waals surface area contributed by atoms with E-state index in [1.54, 1.807) is 7.11 Å². The summed E-state index contributed by atoms with van der Waals surface area (Å²) in [6, 6.07) is 8.31. The van der Waals surface area contributed by atoms with E-state index < -0.39 is 0 Å². The third-order valence-corrected chi connectivity index (χ3v) is 3.69. The Morgan fingerprint density at radius 3 is 2.85 bits per heavy atom. The molecule has 1 N–H and O–H groups in total. The predicted octanol–water partition coefficient (Wildman–Crippen LogP) is 1.88. The molecule has 1 fully saturated rings. The molecule has 1 aliphatic rings. The number of amides is 1. The number of benzene rings is 1. The van der Waals surface area contributed by atoms with Crippen LogP contribution in [0.25, 0.3) is 0 Å². The number of hydrogen-bond acceptors (Lipinski definition) is 3. The maximum Gasteiger partial charge on any atom is 0.223 e. The van der Waals surface area contributed by atoms with Crippen LogP contribution in [0, 0.1) is 12.8 Å². The molecular weight excluding hydrogens is 254 g/mol. The Bertz CT molecular complexity index is 447. The molecule has 0 heterocycles. The quantitative estimate of drug-likeness (QED) is 0.738. The average molecular weight is 277 g/mol. The van der Waals surface area contributed by atoms with Gasteiger partial charge in [0.05, 0.1) is 19.8 Å². The van der Waals surface area contributed by atoms with E-state index in [1.807, 2.05) is 12.1 Å². The maximum atomic E-state index is 12.0. The lowest BCUT2D eigenvalue weighted by molar-refractivity contribution is -0.122. The summed E-state index contributed by atoms with van der Waals surface area (Å²) in [5, 5.41) is 2.94. The fourth-order valence-electron chi connectivity index (χ4n) is 2.45. The van der Waals surface area contributed by atoms with E-state index >= 15 is 0 Å². The zero-order chi connectivity index (χ0) is 14.4. The summed E-state index contributed by atoms with van der Waals surface area (Å²) in [4.78, 5) is 12.0. The van der Waals surface area contributed by atoms with Crippen LogP contribution in [0.5, 0.6) is 0 Å². The number of aryl methyl sites for hydroxylation is 1. The normalized spacial score (nSPS) is 20.7. The first kappa shape index (κ1) is 15.0. The summed E-state index contributed by atoms with van der Waals surface area (Å²) >= 11 is 0. The predicted molar refractivity (Wildman–Crippen MR) is 77.7 cm³/mol. The first-order valence-electron chi connectivity index (χ1n) is 7.14. The molecule has 0 spiro atoms. The fourth-order valence-corrected chi connectivity index (χ4v) is 2.45. The van der Waals surface area contributed by atoms with Crippen molar-refractivity contribution < 1.29 is 14.3 Å². The number of carbonyl (C=O) groups is 1. The van der Waals surface area contributed by atoms with Crippen molar-refractivity contribution in [2.24, 2.45) is 5.92 Å². The molecule has 4 heteroatoms.